The predicted octanol–water partition coefficient (Wildman–Crippen LogP) is 3.52. The number of hydrogen-bond acceptors (Lipinski definition) is 6. The van der Waals surface area contributed by atoms with Crippen molar-refractivity contribution in [3.8, 4) is 5.75 Å². The van der Waals surface area contributed by atoms with Crippen molar-refractivity contribution in [2.75, 3.05) is 13.7 Å². The van der Waals surface area contributed by atoms with Crippen LogP contribution in [0.3, 0.4) is 0 Å². The Morgan fingerprint density at radius 1 is 1.27 bits per heavy atom. The quantitative estimate of drug-likeness (QED) is 0.665. The summed E-state index contributed by atoms with van der Waals surface area (Å²) in [6.07, 6.45) is 8.93. The summed E-state index contributed by atoms with van der Waals surface area (Å²) in [5.74, 6) is 0.888. The van der Waals surface area contributed by atoms with Crippen LogP contribution < -0.4 is 4.74 Å². The van der Waals surface area contributed by atoms with E-state index in [0.717, 1.165) is 24.4 Å². The minimum Gasteiger partial charge on any atom is -0.496 e. The molecule has 1 saturated heterocycles. The number of methoxy groups -OCH3 is 1. The van der Waals surface area contributed by atoms with Crippen LogP contribution >= 0.6 is 11.3 Å². The Balaban J connectivity index is 1.55. The molecule has 4 rings (SSSR count). The van der Waals surface area contributed by atoms with E-state index in [9.17, 15) is 0 Å². The molecule has 7 heteroatoms. The topological polar surface area (TPSA) is 56.1 Å². The first-order valence-corrected chi connectivity index (χ1v) is 9.83. The van der Waals surface area contributed by atoms with Crippen molar-refractivity contribution in [3.05, 3.63) is 58.6 Å². The summed E-state index contributed by atoms with van der Waals surface area (Å²) >= 11 is 1.76. The van der Waals surface area contributed by atoms with Gasteiger partial charge in [-0.1, -0.05) is 12.5 Å². The number of aromatic nitrogens is 4. The number of thiazole rings is 1. The Hall–Kier alpha value is -2.25. The summed E-state index contributed by atoms with van der Waals surface area (Å²) in [6.45, 7) is 2.71. The van der Waals surface area contributed by atoms with Gasteiger partial charge in [0.25, 0.3) is 0 Å². The lowest BCUT2D eigenvalue weighted by molar-refractivity contribution is 0.140. The van der Waals surface area contributed by atoms with Gasteiger partial charge < -0.3 is 4.74 Å². The molecule has 1 fully saturated rings. The molecule has 1 aromatic carbocycles. The van der Waals surface area contributed by atoms with Gasteiger partial charge in [-0.05, 0) is 37.1 Å². The average Bonchev–Trinajstić information content (AvgIpc) is 3.36. The van der Waals surface area contributed by atoms with Crippen molar-refractivity contribution < 1.29 is 4.74 Å². The van der Waals surface area contributed by atoms with Gasteiger partial charge in [0, 0.05) is 23.7 Å². The lowest BCUT2D eigenvalue weighted by atomic mass is 10.0. The minimum atomic E-state index is 0.435. The molecule has 26 heavy (non-hydrogen) atoms. The average molecular weight is 369 g/mol. The Morgan fingerprint density at radius 3 is 3.00 bits per heavy atom. The van der Waals surface area contributed by atoms with Crippen molar-refractivity contribution in [3.63, 3.8) is 0 Å². The molecule has 0 aliphatic carbocycles. The van der Waals surface area contributed by atoms with E-state index in [1.54, 1.807) is 31.1 Å². The third-order valence-electron chi connectivity index (χ3n) is 4.88. The molecule has 3 aromatic rings. The SMILES string of the molecule is COc1ccc(CN2CCCC[C@@H]2c2nccs2)cc1Cn1cncn1. The molecule has 0 spiro atoms. The van der Waals surface area contributed by atoms with Crippen LogP contribution in [0.2, 0.25) is 0 Å². The zero-order valence-corrected chi connectivity index (χ0v) is 15.7. The lowest BCUT2D eigenvalue weighted by Crippen LogP contribution is -2.32. The molecule has 136 valence electrons. The Bertz CT molecular complexity index is 819. The highest BCUT2D eigenvalue weighted by atomic mass is 32.1. The van der Waals surface area contributed by atoms with Crippen LogP contribution in [0.25, 0.3) is 0 Å². The van der Waals surface area contributed by atoms with E-state index >= 15 is 0 Å². The second-order valence-electron chi connectivity index (χ2n) is 6.59. The van der Waals surface area contributed by atoms with Crippen LogP contribution in [0, 0.1) is 0 Å². The maximum absolute atomic E-state index is 5.54. The highest BCUT2D eigenvalue weighted by Crippen LogP contribution is 2.33. The number of benzene rings is 1. The number of ether oxygens (including phenoxy) is 1. The summed E-state index contributed by atoms with van der Waals surface area (Å²) in [5.41, 5.74) is 2.42. The second kappa shape index (κ2) is 7.97. The molecule has 3 heterocycles. The van der Waals surface area contributed by atoms with E-state index in [-0.39, 0.29) is 0 Å². The number of piperidine rings is 1. The number of hydrogen-bond donors (Lipinski definition) is 0. The van der Waals surface area contributed by atoms with E-state index < -0.39 is 0 Å². The van der Waals surface area contributed by atoms with Crippen molar-refractivity contribution >= 4 is 11.3 Å². The summed E-state index contributed by atoms with van der Waals surface area (Å²) < 4.78 is 7.36. The summed E-state index contributed by atoms with van der Waals surface area (Å²) in [4.78, 5) is 11.1. The maximum atomic E-state index is 5.54. The van der Waals surface area contributed by atoms with Gasteiger partial charge in [-0.3, -0.25) is 4.90 Å². The fourth-order valence-electron chi connectivity index (χ4n) is 3.64. The van der Waals surface area contributed by atoms with Gasteiger partial charge in [-0.2, -0.15) is 5.10 Å². The molecule has 1 atom stereocenters. The van der Waals surface area contributed by atoms with E-state index in [4.69, 9.17) is 4.74 Å². The first kappa shape index (κ1) is 17.2. The molecule has 0 N–H and O–H groups in total. The maximum Gasteiger partial charge on any atom is 0.137 e. The second-order valence-corrected chi connectivity index (χ2v) is 7.52. The first-order chi connectivity index (χ1) is 12.8. The van der Waals surface area contributed by atoms with E-state index in [1.807, 2.05) is 10.9 Å². The van der Waals surface area contributed by atoms with Gasteiger partial charge in [0.15, 0.2) is 0 Å². The van der Waals surface area contributed by atoms with Crippen molar-refractivity contribution in [1.82, 2.24) is 24.6 Å². The molecule has 1 aliphatic rings. The van der Waals surface area contributed by atoms with Crippen LogP contribution in [-0.4, -0.2) is 38.3 Å². The minimum absolute atomic E-state index is 0.435. The van der Waals surface area contributed by atoms with Gasteiger partial charge >= 0.3 is 0 Å². The molecule has 1 aliphatic heterocycles. The summed E-state index contributed by atoms with van der Waals surface area (Å²) in [5, 5.41) is 7.52. The molecule has 0 unspecified atom stereocenters. The van der Waals surface area contributed by atoms with Gasteiger partial charge in [-0.15, -0.1) is 11.3 Å². The fraction of sp³-hybridized carbons (Fsp3) is 0.421. The largest absolute Gasteiger partial charge is 0.496 e. The zero-order valence-electron chi connectivity index (χ0n) is 14.9. The summed E-state index contributed by atoms with van der Waals surface area (Å²) in [7, 11) is 1.71. The Kier molecular flexibility index (Phi) is 5.26. The van der Waals surface area contributed by atoms with Gasteiger partial charge in [0.05, 0.1) is 19.7 Å². The highest BCUT2D eigenvalue weighted by molar-refractivity contribution is 7.09. The summed E-state index contributed by atoms with van der Waals surface area (Å²) in [6, 6.07) is 6.89. The molecule has 0 amide bonds. The molecule has 6 nitrogen and oxygen atoms in total. The van der Waals surface area contributed by atoms with Crippen LogP contribution in [0.5, 0.6) is 5.75 Å². The Morgan fingerprint density at radius 2 is 2.23 bits per heavy atom. The Labute approximate surface area is 157 Å². The molecule has 2 aromatic heterocycles. The smallest absolute Gasteiger partial charge is 0.137 e. The lowest BCUT2D eigenvalue weighted by Gasteiger charge is -2.34. The van der Waals surface area contributed by atoms with Gasteiger partial charge in [0.1, 0.15) is 23.4 Å². The third-order valence-corrected chi connectivity index (χ3v) is 5.76. The molecular weight excluding hydrogens is 346 g/mol. The monoisotopic (exact) mass is 369 g/mol. The van der Waals surface area contributed by atoms with Crippen molar-refractivity contribution in [1.29, 1.82) is 0 Å². The van der Waals surface area contributed by atoms with Crippen molar-refractivity contribution in [2.45, 2.75) is 38.4 Å². The van der Waals surface area contributed by atoms with Crippen molar-refractivity contribution in [2.24, 2.45) is 0 Å². The number of nitrogens with zero attached hydrogens (tertiary/aromatic N) is 5. The fourth-order valence-corrected chi connectivity index (χ4v) is 4.44. The van der Waals surface area contributed by atoms with E-state index in [1.165, 1.54) is 29.8 Å². The van der Waals surface area contributed by atoms with Gasteiger partial charge in [-0.25, -0.2) is 14.6 Å². The molecule has 0 radical (unpaired) electrons. The van der Waals surface area contributed by atoms with Crippen LogP contribution in [0.1, 0.15) is 41.4 Å². The standard InChI is InChI=1S/C19H23N5OS/c1-25-18-6-5-15(10-16(18)12-24-14-20-13-22-24)11-23-8-3-2-4-17(23)19-21-7-9-26-19/h5-7,9-10,13-14,17H,2-4,8,11-12H2,1H3/t17-/m1/s1. The van der Waals surface area contributed by atoms with E-state index in [0.29, 0.717) is 12.6 Å². The number of likely N-dealkylation sites (tertiary alicyclic amines) is 1. The van der Waals surface area contributed by atoms with Gasteiger partial charge in [0.2, 0.25) is 0 Å². The molecular formula is C19H23N5OS. The first-order valence-electron chi connectivity index (χ1n) is 8.95. The predicted molar refractivity (Wildman–Crippen MR) is 101 cm³/mol. The van der Waals surface area contributed by atoms with Crippen LogP contribution in [-0.2, 0) is 13.1 Å². The third kappa shape index (κ3) is 3.78. The molecule has 0 saturated carbocycles. The number of rotatable bonds is 6. The van der Waals surface area contributed by atoms with Crippen LogP contribution in [0.4, 0.5) is 0 Å². The normalized spacial score (nSPS) is 18.1. The highest BCUT2D eigenvalue weighted by Gasteiger charge is 2.26. The van der Waals surface area contributed by atoms with E-state index in [2.05, 4.69) is 43.5 Å². The van der Waals surface area contributed by atoms with Crippen LogP contribution in [0.15, 0.2) is 42.4 Å². The zero-order chi connectivity index (χ0) is 17.8. The molecule has 0 bridgehead atoms.